The van der Waals surface area contributed by atoms with Crippen molar-refractivity contribution in [1.29, 1.82) is 0 Å². The van der Waals surface area contributed by atoms with E-state index in [1.165, 1.54) is 17.7 Å². The van der Waals surface area contributed by atoms with E-state index in [0.717, 1.165) is 44.8 Å². The van der Waals surface area contributed by atoms with Gasteiger partial charge in [0, 0.05) is 23.9 Å². The van der Waals surface area contributed by atoms with E-state index in [9.17, 15) is 4.39 Å². The predicted molar refractivity (Wildman–Crippen MR) is 131 cm³/mol. The van der Waals surface area contributed by atoms with Gasteiger partial charge in [-0.2, -0.15) is 0 Å². The molecule has 0 atom stereocenters. The van der Waals surface area contributed by atoms with Crippen LogP contribution in [0.2, 0.25) is 0 Å². The third kappa shape index (κ3) is 4.44. The third-order valence-corrected chi connectivity index (χ3v) is 5.75. The van der Waals surface area contributed by atoms with Crippen LogP contribution >= 0.6 is 0 Å². The van der Waals surface area contributed by atoms with Crippen LogP contribution in [0.15, 0.2) is 85.1 Å². The molecule has 3 aromatic carbocycles. The Balaban J connectivity index is 1.60. The van der Waals surface area contributed by atoms with Gasteiger partial charge in [-0.1, -0.05) is 30.3 Å². The van der Waals surface area contributed by atoms with Gasteiger partial charge >= 0.3 is 0 Å². The lowest BCUT2D eigenvalue weighted by Crippen LogP contribution is -2.02. The molecule has 0 saturated carbocycles. The number of hydrogen-bond acceptors (Lipinski definition) is 4. The maximum absolute atomic E-state index is 13.6. The summed E-state index contributed by atoms with van der Waals surface area (Å²) in [6, 6.07) is 24.6. The van der Waals surface area contributed by atoms with Crippen molar-refractivity contribution in [2.24, 2.45) is 0 Å². The van der Waals surface area contributed by atoms with Gasteiger partial charge in [-0.25, -0.2) is 19.3 Å². The van der Waals surface area contributed by atoms with Gasteiger partial charge in [0.15, 0.2) is 0 Å². The van der Waals surface area contributed by atoms with Gasteiger partial charge < -0.3 is 5.32 Å². The second-order valence-electron chi connectivity index (χ2n) is 8.12. The molecular weight excluding hydrogens is 411 g/mol. The summed E-state index contributed by atoms with van der Waals surface area (Å²) < 4.78 is 13.6. The molecule has 0 spiro atoms. The van der Waals surface area contributed by atoms with Crippen molar-refractivity contribution >= 4 is 16.9 Å². The molecule has 0 amide bonds. The van der Waals surface area contributed by atoms with Gasteiger partial charge in [0.05, 0.1) is 22.4 Å². The second-order valence-corrected chi connectivity index (χ2v) is 8.12. The standard InChI is InChI=1S/C28H23FN4/c1-18-14-24-25(15-19(18)2)33-28(27(32-24)21-8-10-23(29)11-9-21)22-12-13-30-26(16-22)31-17-20-6-4-3-5-7-20/h3-16H,17H2,1-2H3,(H,30,31). The normalized spacial score (nSPS) is 11.0. The van der Waals surface area contributed by atoms with E-state index >= 15 is 0 Å². The zero-order valence-electron chi connectivity index (χ0n) is 18.5. The molecule has 1 N–H and O–H groups in total. The number of aryl methyl sites for hydroxylation is 2. The zero-order valence-corrected chi connectivity index (χ0v) is 18.5. The Morgan fingerprint density at radius 1 is 0.727 bits per heavy atom. The van der Waals surface area contributed by atoms with Crippen LogP contribution in [0.4, 0.5) is 10.2 Å². The van der Waals surface area contributed by atoms with E-state index in [2.05, 4.69) is 42.3 Å². The first-order chi connectivity index (χ1) is 16.1. The lowest BCUT2D eigenvalue weighted by atomic mass is 10.0. The van der Waals surface area contributed by atoms with Crippen LogP contribution < -0.4 is 5.32 Å². The molecule has 33 heavy (non-hydrogen) atoms. The van der Waals surface area contributed by atoms with E-state index in [1.54, 1.807) is 18.3 Å². The van der Waals surface area contributed by atoms with Gasteiger partial charge in [-0.05, 0) is 79.1 Å². The predicted octanol–water partition coefficient (Wildman–Crippen LogP) is 6.73. The van der Waals surface area contributed by atoms with Crippen LogP contribution in [0.3, 0.4) is 0 Å². The first kappa shape index (κ1) is 20.8. The molecule has 4 nitrogen and oxygen atoms in total. The van der Waals surface area contributed by atoms with Gasteiger partial charge in [0.2, 0.25) is 0 Å². The minimum atomic E-state index is -0.281. The highest BCUT2D eigenvalue weighted by molar-refractivity contribution is 5.87. The molecular formula is C28H23FN4. The highest BCUT2D eigenvalue weighted by atomic mass is 19.1. The Morgan fingerprint density at radius 2 is 1.36 bits per heavy atom. The van der Waals surface area contributed by atoms with E-state index in [4.69, 9.17) is 9.97 Å². The van der Waals surface area contributed by atoms with Crippen LogP contribution in [0, 0.1) is 19.7 Å². The van der Waals surface area contributed by atoms with Crippen LogP contribution in [0.25, 0.3) is 33.5 Å². The highest BCUT2D eigenvalue weighted by Gasteiger charge is 2.15. The van der Waals surface area contributed by atoms with E-state index in [0.29, 0.717) is 12.2 Å². The Labute approximate surface area is 192 Å². The summed E-state index contributed by atoms with van der Waals surface area (Å²) in [7, 11) is 0. The Bertz CT molecular complexity index is 1430. The Kier molecular flexibility index (Phi) is 5.53. The molecule has 5 rings (SSSR count). The van der Waals surface area contributed by atoms with Crippen molar-refractivity contribution in [2.45, 2.75) is 20.4 Å². The maximum Gasteiger partial charge on any atom is 0.126 e. The average Bonchev–Trinajstić information content (AvgIpc) is 2.84. The molecule has 0 aliphatic carbocycles. The first-order valence-electron chi connectivity index (χ1n) is 10.9. The minimum absolute atomic E-state index is 0.281. The van der Waals surface area contributed by atoms with Gasteiger partial charge in [0.25, 0.3) is 0 Å². The average molecular weight is 435 g/mol. The van der Waals surface area contributed by atoms with Gasteiger partial charge in [-0.3, -0.25) is 0 Å². The number of anilines is 1. The minimum Gasteiger partial charge on any atom is -0.366 e. The molecule has 0 fully saturated rings. The smallest absolute Gasteiger partial charge is 0.126 e. The summed E-state index contributed by atoms with van der Waals surface area (Å²) in [5.41, 5.74) is 8.30. The number of nitrogens with zero attached hydrogens (tertiary/aromatic N) is 3. The summed E-state index contributed by atoms with van der Waals surface area (Å²) in [5, 5.41) is 3.38. The number of halogens is 1. The molecule has 2 aromatic heterocycles. The third-order valence-electron chi connectivity index (χ3n) is 5.75. The summed E-state index contributed by atoms with van der Waals surface area (Å²) >= 11 is 0. The summed E-state index contributed by atoms with van der Waals surface area (Å²) in [4.78, 5) is 14.4. The van der Waals surface area contributed by atoms with E-state index < -0.39 is 0 Å². The van der Waals surface area contributed by atoms with E-state index in [1.807, 2.05) is 36.4 Å². The zero-order chi connectivity index (χ0) is 22.8. The van der Waals surface area contributed by atoms with Crippen LogP contribution in [-0.4, -0.2) is 15.0 Å². The van der Waals surface area contributed by atoms with Crippen molar-refractivity contribution in [3.8, 4) is 22.5 Å². The van der Waals surface area contributed by atoms with Crippen molar-refractivity contribution in [3.63, 3.8) is 0 Å². The maximum atomic E-state index is 13.6. The van der Waals surface area contributed by atoms with Crippen LogP contribution in [0.5, 0.6) is 0 Å². The largest absolute Gasteiger partial charge is 0.366 e. The van der Waals surface area contributed by atoms with Crippen molar-refractivity contribution < 1.29 is 4.39 Å². The fourth-order valence-corrected chi connectivity index (χ4v) is 3.78. The second kappa shape index (κ2) is 8.79. The van der Waals surface area contributed by atoms with Crippen LogP contribution in [-0.2, 0) is 6.54 Å². The topological polar surface area (TPSA) is 50.7 Å². The quantitative estimate of drug-likeness (QED) is 0.333. The first-order valence-corrected chi connectivity index (χ1v) is 10.9. The molecule has 0 bridgehead atoms. The molecule has 0 aliphatic rings. The monoisotopic (exact) mass is 434 g/mol. The Morgan fingerprint density at radius 3 is 2.03 bits per heavy atom. The lowest BCUT2D eigenvalue weighted by Gasteiger charge is -2.13. The fraction of sp³-hybridized carbons (Fsp3) is 0.107. The number of rotatable bonds is 5. The number of hydrogen-bond donors (Lipinski definition) is 1. The summed E-state index contributed by atoms with van der Waals surface area (Å²) in [6.07, 6.45) is 1.77. The van der Waals surface area contributed by atoms with Crippen molar-refractivity contribution in [3.05, 3.63) is 108 Å². The molecule has 0 saturated heterocycles. The fourth-order valence-electron chi connectivity index (χ4n) is 3.78. The molecule has 0 aliphatic heterocycles. The number of nitrogens with one attached hydrogen (secondary N) is 1. The molecule has 0 radical (unpaired) electrons. The number of benzene rings is 3. The van der Waals surface area contributed by atoms with Crippen molar-refractivity contribution in [1.82, 2.24) is 15.0 Å². The summed E-state index contributed by atoms with van der Waals surface area (Å²) in [6.45, 7) is 4.81. The number of fused-ring (bicyclic) bond motifs is 1. The summed E-state index contributed by atoms with van der Waals surface area (Å²) in [5.74, 6) is 0.472. The van der Waals surface area contributed by atoms with Crippen LogP contribution in [0.1, 0.15) is 16.7 Å². The molecule has 5 aromatic rings. The Hall–Kier alpha value is -4.12. The van der Waals surface area contributed by atoms with Gasteiger partial charge in [0.1, 0.15) is 11.6 Å². The van der Waals surface area contributed by atoms with E-state index in [-0.39, 0.29) is 5.82 Å². The van der Waals surface area contributed by atoms with Crippen molar-refractivity contribution in [2.75, 3.05) is 5.32 Å². The molecule has 162 valence electrons. The lowest BCUT2D eigenvalue weighted by molar-refractivity contribution is 0.628. The SMILES string of the molecule is Cc1cc2nc(-c3ccc(F)cc3)c(-c3ccnc(NCc4ccccc4)c3)nc2cc1C. The molecule has 5 heteroatoms. The van der Waals surface area contributed by atoms with Gasteiger partial charge in [-0.15, -0.1) is 0 Å². The molecule has 2 heterocycles. The number of aromatic nitrogens is 3. The highest BCUT2D eigenvalue weighted by Crippen LogP contribution is 2.32. The number of pyridine rings is 1. The molecule has 0 unspecified atom stereocenters.